The van der Waals surface area contributed by atoms with E-state index in [2.05, 4.69) is 43.4 Å². The lowest BCUT2D eigenvalue weighted by Gasteiger charge is -2.42. The van der Waals surface area contributed by atoms with E-state index in [0.717, 1.165) is 18.4 Å². The Labute approximate surface area is 105 Å². The third kappa shape index (κ3) is 1.86. The molecule has 1 saturated carbocycles. The highest BCUT2D eigenvalue weighted by molar-refractivity contribution is 5.57. The molecule has 17 heavy (non-hydrogen) atoms. The molecular weight excluding hydrogens is 206 g/mol. The molecule has 2 aliphatic rings. The Bertz CT molecular complexity index is 408. The van der Waals surface area contributed by atoms with Gasteiger partial charge in [0.25, 0.3) is 0 Å². The van der Waals surface area contributed by atoms with Gasteiger partial charge in [0, 0.05) is 18.2 Å². The van der Waals surface area contributed by atoms with Crippen molar-refractivity contribution in [3.05, 3.63) is 29.8 Å². The minimum absolute atomic E-state index is 0.516. The van der Waals surface area contributed by atoms with Crippen LogP contribution >= 0.6 is 0 Å². The fraction of sp³-hybridized carbons (Fsp3) is 0.625. The molecule has 0 saturated heterocycles. The van der Waals surface area contributed by atoms with Gasteiger partial charge in [-0.05, 0) is 35.8 Å². The van der Waals surface area contributed by atoms with Gasteiger partial charge >= 0.3 is 0 Å². The molecule has 0 amide bonds. The van der Waals surface area contributed by atoms with Crippen molar-refractivity contribution >= 4 is 5.69 Å². The van der Waals surface area contributed by atoms with Crippen LogP contribution in [0.5, 0.6) is 0 Å². The summed E-state index contributed by atoms with van der Waals surface area (Å²) in [6.45, 7) is 6.09. The summed E-state index contributed by atoms with van der Waals surface area (Å²) in [5.41, 5.74) is 3.45. The second-order valence-electron chi connectivity index (χ2n) is 6.42. The number of hydrogen-bond acceptors (Lipinski definition) is 1. The molecule has 0 bridgehead atoms. The average molecular weight is 229 g/mol. The van der Waals surface area contributed by atoms with Crippen molar-refractivity contribution in [1.82, 2.24) is 0 Å². The summed E-state index contributed by atoms with van der Waals surface area (Å²) < 4.78 is 0. The largest absolute Gasteiger partial charge is 0.384 e. The van der Waals surface area contributed by atoms with E-state index in [9.17, 15) is 0 Å². The Morgan fingerprint density at radius 2 is 2.00 bits per heavy atom. The lowest BCUT2D eigenvalue weighted by Crippen LogP contribution is -2.33. The van der Waals surface area contributed by atoms with E-state index in [0.29, 0.717) is 5.41 Å². The summed E-state index contributed by atoms with van der Waals surface area (Å²) in [7, 11) is 0. The van der Waals surface area contributed by atoms with Crippen LogP contribution in [0, 0.1) is 11.3 Å². The van der Waals surface area contributed by atoms with E-state index < -0.39 is 0 Å². The van der Waals surface area contributed by atoms with E-state index in [-0.39, 0.29) is 0 Å². The molecule has 2 unspecified atom stereocenters. The van der Waals surface area contributed by atoms with Gasteiger partial charge < -0.3 is 5.32 Å². The molecule has 1 fully saturated rings. The number of anilines is 1. The zero-order valence-corrected chi connectivity index (χ0v) is 11.0. The van der Waals surface area contributed by atoms with E-state index >= 15 is 0 Å². The first kappa shape index (κ1) is 11.1. The van der Waals surface area contributed by atoms with Gasteiger partial charge in [0.15, 0.2) is 0 Å². The molecule has 1 aliphatic carbocycles. The Balaban J connectivity index is 1.91. The van der Waals surface area contributed by atoms with Crippen LogP contribution in [-0.2, 0) is 0 Å². The fourth-order valence-electron chi connectivity index (χ4n) is 3.94. The van der Waals surface area contributed by atoms with Gasteiger partial charge in [-0.15, -0.1) is 0 Å². The first-order chi connectivity index (χ1) is 8.18. The first-order valence-electron chi connectivity index (χ1n) is 7.01. The maximum absolute atomic E-state index is 3.59. The van der Waals surface area contributed by atoms with Crippen molar-refractivity contribution in [2.24, 2.45) is 11.3 Å². The van der Waals surface area contributed by atoms with Gasteiger partial charge in [0.05, 0.1) is 0 Å². The number of para-hydroxylation sites is 1. The van der Waals surface area contributed by atoms with Crippen LogP contribution in [0.25, 0.3) is 0 Å². The van der Waals surface area contributed by atoms with Gasteiger partial charge in [-0.3, -0.25) is 0 Å². The van der Waals surface area contributed by atoms with E-state index in [1.807, 2.05) is 0 Å². The molecule has 0 spiro atoms. The van der Waals surface area contributed by atoms with E-state index in [4.69, 9.17) is 0 Å². The van der Waals surface area contributed by atoms with Gasteiger partial charge in [-0.1, -0.05) is 44.9 Å². The third-order valence-electron chi connectivity index (χ3n) is 4.95. The highest BCUT2D eigenvalue weighted by Gasteiger charge is 2.40. The number of rotatable bonds is 1. The Hall–Kier alpha value is -0.980. The van der Waals surface area contributed by atoms with Crippen molar-refractivity contribution in [1.29, 1.82) is 0 Å². The lowest BCUT2D eigenvalue weighted by molar-refractivity contribution is 0.116. The van der Waals surface area contributed by atoms with Gasteiger partial charge in [0.2, 0.25) is 0 Å². The van der Waals surface area contributed by atoms with Crippen molar-refractivity contribution in [2.45, 2.75) is 45.4 Å². The molecule has 1 N–H and O–H groups in total. The van der Waals surface area contributed by atoms with E-state index in [1.165, 1.54) is 31.4 Å². The van der Waals surface area contributed by atoms with Crippen LogP contribution in [0.1, 0.15) is 51.0 Å². The number of benzene rings is 1. The summed E-state index contributed by atoms with van der Waals surface area (Å²) in [5.74, 6) is 1.59. The Kier molecular flexibility index (Phi) is 2.65. The molecule has 0 radical (unpaired) electrons. The van der Waals surface area contributed by atoms with Crippen LogP contribution in [0.15, 0.2) is 24.3 Å². The zero-order chi connectivity index (χ0) is 11.9. The highest BCUT2D eigenvalue weighted by Crippen LogP contribution is 2.50. The van der Waals surface area contributed by atoms with Crippen molar-refractivity contribution in [3.63, 3.8) is 0 Å². The smallest absolute Gasteiger partial charge is 0.0376 e. The summed E-state index contributed by atoms with van der Waals surface area (Å²) in [6.07, 6.45) is 5.65. The molecule has 1 aromatic rings. The SMILES string of the molecule is CC1(C)CCCCC1C1CNc2ccccc21. The van der Waals surface area contributed by atoms with Crippen LogP contribution in [0.4, 0.5) is 5.69 Å². The molecule has 1 heteroatoms. The Morgan fingerprint density at radius 1 is 1.18 bits per heavy atom. The first-order valence-corrected chi connectivity index (χ1v) is 7.01. The summed E-state index contributed by atoms with van der Waals surface area (Å²) >= 11 is 0. The summed E-state index contributed by atoms with van der Waals surface area (Å²) in [4.78, 5) is 0. The predicted molar refractivity (Wildman–Crippen MR) is 73.4 cm³/mol. The van der Waals surface area contributed by atoms with Gasteiger partial charge in [0.1, 0.15) is 0 Å². The van der Waals surface area contributed by atoms with Gasteiger partial charge in [-0.2, -0.15) is 0 Å². The molecule has 92 valence electrons. The third-order valence-corrected chi connectivity index (χ3v) is 4.95. The number of nitrogens with one attached hydrogen (secondary N) is 1. The second kappa shape index (κ2) is 4.04. The zero-order valence-electron chi connectivity index (χ0n) is 11.0. The molecule has 1 heterocycles. The molecule has 3 rings (SSSR count). The van der Waals surface area contributed by atoms with Crippen LogP contribution in [-0.4, -0.2) is 6.54 Å². The quantitative estimate of drug-likeness (QED) is 0.752. The molecule has 0 aromatic heterocycles. The molecule has 1 nitrogen and oxygen atoms in total. The molecule has 1 aromatic carbocycles. The van der Waals surface area contributed by atoms with Crippen molar-refractivity contribution in [3.8, 4) is 0 Å². The van der Waals surface area contributed by atoms with Crippen LogP contribution < -0.4 is 5.32 Å². The van der Waals surface area contributed by atoms with Crippen molar-refractivity contribution in [2.75, 3.05) is 11.9 Å². The van der Waals surface area contributed by atoms with Crippen LogP contribution in [0.3, 0.4) is 0 Å². The minimum atomic E-state index is 0.516. The predicted octanol–water partition coefficient (Wildman–Crippen LogP) is 4.41. The van der Waals surface area contributed by atoms with Crippen molar-refractivity contribution < 1.29 is 0 Å². The average Bonchev–Trinajstić information content (AvgIpc) is 2.72. The highest BCUT2D eigenvalue weighted by atomic mass is 14.9. The maximum Gasteiger partial charge on any atom is 0.0376 e. The number of hydrogen-bond donors (Lipinski definition) is 1. The number of fused-ring (bicyclic) bond motifs is 1. The standard InChI is InChI=1S/C16H23N/c1-16(2)10-6-5-8-14(16)13-11-17-15-9-4-3-7-12(13)15/h3-4,7,9,13-14,17H,5-6,8,10-11H2,1-2H3. The lowest BCUT2D eigenvalue weighted by atomic mass is 9.63. The maximum atomic E-state index is 3.59. The Morgan fingerprint density at radius 3 is 2.82 bits per heavy atom. The molecule has 1 aliphatic heterocycles. The topological polar surface area (TPSA) is 12.0 Å². The molecule has 2 atom stereocenters. The molecular formula is C16H23N. The minimum Gasteiger partial charge on any atom is -0.384 e. The summed E-state index contributed by atoms with van der Waals surface area (Å²) in [6, 6.07) is 8.88. The second-order valence-corrected chi connectivity index (χ2v) is 6.42. The summed E-state index contributed by atoms with van der Waals surface area (Å²) in [5, 5.41) is 3.59. The normalized spacial score (nSPS) is 30.7. The van der Waals surface area contributed by atoms with Crippen LogP contribution in [0.2, 0.25) is 0 Å². The monoisotopic (exact) mass is 229 g/mol. The fourth-order valence-corrected chi connectivity index (χ4v) is 3.94. The van der Waals surface area contributed by atoms with E-state index in [1.54, 1.807) is 5.56 Å². The van der Waals surface area contributed by atoms with Gasteiger partial charge in [-0.25, -0.2) is 0 Å².